The minimum Gasteiger partial charge on any atom is -0.491 e. The van der Waals surface area contributed by atoms with Crippen LogP contribution in [0.2, 0.25) is 0 Å². The van der Waals surface area contributed by atoms with Gasteiger partial charge in [-0.3, -0.25) is 4.90 Å². The standard InChI is InChI=1S/C19H29F3N4O2.HI/c1-3-23-18(25-16-7-8-26(13-16)14-19(20,21)22)24-12-15-5-4-6-17(11-15)28-10-9-27-2;/h4-6,11,16H,3,7-10,12-14H2,1-2H3,(H2,23,24,25);1H. The number of alkyl halides is 3. The van der Waals surface area contributed by atoms with E-state index in [0.29, 0.717) is 51.8 Å². The van der Waals surface area contributed by atoms with E-state index in [-0.39, 0.29) is 30.0 Å². The molecule has 1 fully saturated rings. The van der Waals surface area contributed by atoms with Crippen LogP contribution in [-0.4, -0.2) is 69.6 Å². The summed E-state index contributed by atoms with van der Waals surface area (Å²) in [4.78, 5) is 5.98. The topological polar surface area (TPSA) is 58.1 Å². The lowest BCUT2D eigenvalue weighted by Crippen LogP contribution is -2.45. The molecule has 0 aliphatic carbocycles. The van der Waals surface area contributed by atoms with Crippen molar-refractivity contribution in [1.82, 2.24) is 15.5 Å². The number of methoxy groups -OCH3 is 1. The molecule has 1 aliphatic heterocycles. The number of benzene rings is 1. The molecule has 1 aromatic carbocycles. The fourth-order valence-electron chi connectivity index (χ4n) is 3.01. The summed E-state index contributed by atoms with van der Waals surface area (Å²) in [6.45, 7) is 3.97. The molecule has 2 rings (SSSR count). The van der Waals surface area contributed by atoms with Gasteiger partial charge in [-0.05, 0) is 31.0 Å². The second kappa shape index (κ2) is 13.1. The Balaban J connectivity index is 0.00000420. The first-order valence-electron chi connectivity index (χ1n) is 9.44. The first kappa shape index (κ1) is 25.8. The van der Waals surface area contributed by atoms with Crippen molar-refractivity contribution in [3.8, 4) is 5.75 Å². The molecule has 1 atom stereocenters. The second-order valence-electron chi connectivity index (χ2n) is 6.66. The van der Waals surface area contributed by atoms with E-state index in [0.717, 1.165) is 11.3 Å². The van der Waals surface area contributed by atoms with Gasteiger partial charge in [-0.15, -0.1) is 24.0 Å². The third-order valence-electron chi connectivity index (χ3n) is 4.23. The molecule has 1 aromatic rings. The molecule has 0 bridgehead atoms. The summed E-state index contributed by atoms with van der Waals surface area (Å²) in [5.41, 5.74) is 0.984. The Bertz CT molecular complexity index is 632. The average Bonchev–Trinajstić information content (AvgIpc) is 3.05. The Hall–Kier alpha value is -1.27. The molecule has 10 heteroatoms. The van der Waals surface area contributed by atoms with Crippen LogP contribution < -0.4 is 15.4 Å². The number of ether oxygens (including phenoxy) is 2. The maximum Gasteiger partial charge on any atom is 0.401 e. The monoisotopic (exact) mass is 530 g/mol. The predicted molar refractivity (Wildman–Crippen MR) is 118 cm³/mol. The summed E-state index contributed by atoms with van der Waals surface area (Å²) in [7, 11) is 1.62. The Morgan fingerprint density at radius 3 is 2.79 bits per heavy atom. The third kappa shape index (κ3) is 10.4. The number of aliphatic imine (C=N–C) groups is 1. The summed E-state index contributed by atoms with van der Waals surface area (Å²) < 4.78 is 48.2. The van der Waals surface area contributed by atoms with Crippen molar-refractivity contribution in [3.63, 3.8) is 0 Å². The van der Waals surface area contributed by atoms with Gasteiger partial charge in [-0.25, -0.2) is 4.99 Å². The van der Waals surface area contributed by atoms with Crippen molar-refractivity contribution in [2.75, 3.05) is 46.5 Å². The number of guanidine groups is 1. The minimum atomic E-state index is -4.16. The molecule has 166 valence electrons. The zero-order valence-corrected chi connectivity index (χ0v) is 19.1. The molecule has 0 saturated carbocycles. The maximum absolute atomic E-state index is 12.5. The third-order valence-corrected chi connectivity index (χ3v) is 4.23. The number of nitrogens with one attached hydrogen (secondary N) is 2. The van der Waals surface area contributed by atoms with E-state index in [2.05, 4.69) is 15.6 Å². The van der Waals surface area contributed by atoms with Crippen LogP contribution in [0.3, 0.4) is 0 Å². The van der Waals surface area contributed by atoms with E-state index in [1.165, 1.54) is 4.90 Å². The normalized spacial score (nSPS) is 17.7. The van der Waals surface area contributed by atoms with Crippen LogP contribution in [0.4, 0.5) is 13.2 Å². The molecule has 1 aliphatic rings. The van der Waals surface area contributed by atoms with E-state index in [1.807, 2.05) is 31.2 Å². The van der Waals surface area contributed by atoms with Gasteiger partial charge in [0.05, 0.1) is 19.7 Å². The van der Waals surface area contributed by atoms with Crippen LogP contribution in [-0.2, 0) is 11.3 Å². The number of hydrogen-bond acceptors (Lipinski definition) is 4. The molecule has 0 radical (unpaired) electrons. The van der Waals surface area contributed by atoms with Gasteiger partial charge >= 0.3 is 6.18 Å². The van der Waals surface area contributed by atoms with Gasteiger partial charge in [0.2, 0.25) is 0 Å². The highest BCUT2D eigenvalue weighted by molar-refractivity contribution is 14.0. The molecule has 1 unspecified atom stereocenters. The quantitative estimate of drug-likeness (QED) is 0.223. The predicted octanol–water partition coefficient (Wildman–Crippen LogP) is 3.02. The number of rotatable bonds is 9. The molecule has 2 N–H and O–H groups in total. The molecule has 1 saturated heterocycles. The van der Waals surface area contributed by atoms with Gasteiger partial charge in [0, 0.05) is 32.8 Å². The summed E-state index contributed by atoms with van der Waals surface area (Å²) in [5.74, 6) is 1.35. The molecule has 29 heavy (non-hydrogen) atoms. The van der Waals surface area contributed by atoms with Crippen LogP contribution in [0.5, 0.6) is 5.75 Å². The maximum atomic E-state index is 12.5. The average molecular weight is 530 g/mol. The van der Waals surface area contributed by atoms with Crippen molar-refractivity contribution in [1.29, 1.82) is 0 Å². The highest BCUT2D eigenvalue weighted by Crippen LogP contribution is 2.20. The lowest BCUT2D eigenvalue weighted by atomic mass is 10.2. The Kier molecular flexibility index (Phi) is 11.7. The largest absolute Gasteiger partial charge is 0.491 e. The number of halogens is 4. The lowest BCUT2D eigenvalue weighted by molar-refractivity contribution is -0.143. The summed E-state index contributed by atoms with van der Waals surface area (Å²) in [6.07, 6.45) is -3.51. The van der Waals surface area contributed by atoms with Crippen LogP contribution in [0.1, 0.15) is 18.9 Å². The highest BCUT2D eigenvalue weighted by atomic mass is 127. The van der Waals surface area contributed by atoms with Gasteiger partial charge in [0.15, 0.2) is 5.96 Å². The zero-order chi connectivity index (χ0) is 20.4. The van der Waals surface area contributed by atoms with Crippen LogP contribution in [0.15, 0.2) is 29.3 Å². The van der Waals surface area contributed by atoms with Crippen LogP contribution in [0.25, 0.3) is 0 Å². The first-order chi connectivity index (χ1) is 13.4. The summed E-state index contributed by atoms with van der Waals surface area (Å²) in [5, 5.41) is 6.39. The van der Waals surface area contributed by atoms with Crippen LogP contribution in [0, 0.1) is 0 Å². The fourth-order valence-corrected chi connectivity index (χ4v) is 3.01. The van der Waals surface area contributed by atoms with Crippen molar-refractivity contribution < 1.29 is 22.6 Å². The van der Waals surface area contributed by atoms with E-state index in [4.69, 9.17) is 9.47 Å². The number of nitrogens with zero attached hydrogens (tertiary/aromatic N) is 2. The Labute approximate surface area is 187 Å². The molecular weight excluding hydrogens is 500 g/mol. The Morgan fingerprint density at radius 1 is 1.31 bits per heavy atom. The van der Waals surface area contributed by atoms with E-state index >= 15 is 0 Å². The molecule has 0 amide bonds. The fraction of sp³-hybridized carbons (Fsp3) is 0.632. The number of hydrogen-bond donors (Lipinski definition) is 2. The van der Waals surface area contributed by atoms with E-state index in [1.54, 1.807) is 7.11 Å². The van der Waals surface area contributed by atoms with Crippen LogP contribution >= 0.6 is 24.0 Å². The summed E-state index contributed by atoms with van der Waals surface area (Å²) >= 11 is 0. The van der Waals surface area contributed by atoms with Gasteiger partial charge in [0.25, 0.3) is 0 Å². The van der Waals surface area contributed by atoms with Crippen molar-refractivity contribution >= 4 is 29.9 Å². The van der Waals surface area contributed by atoms with E-state index < -0.39 is 12.7 Å². The van der Waals surface area contributed by atoms with Crippen molar-refractivity contribution in [2.45, 2.75) is 32.1 Å². The van der Waals surface area contributed by atoms with Gasteiger partial charge in [-0.2, -0.15) is 13.2 Å². The smallest absolute Gasteiger partial charge is 0.401 e. The van der Waals surface area contributed by atoms with Gasteiger partial charge in [-0.1, -0.05) is 12.1 Å². The van der Waals surface area contributed by atoms with Crippen molar-refractivity contribution in [3.05, 3.63) is 29.8 Å². The zero-order valence-electron chi connectivity index (χ0n) is 16.8. The minimum absolute atomic E-state index is 0. The molecule has 1 heterocycles. The second-order valence-corrected chi connectivity index (χ2v) is 6.66. The van der Waals surface area contributed by atoms with E-state index in [9.17, 15) is 13.2 Å². The summed E-state index contributed by atoms with van der Waals surface area (Å²) in [6, 6.07) is 7.60. The van der Waals surface area contributed by atoms with Crippen molar-refractivity contribution in [2.24, 2.45) is 4.99 Å². The molecule has 0 spiro atoms. The lowest BCUT2D eigenvalue weighted by Gasteiger charge is -2.19. The van der Waals surface area contributed by atoms with Gasteiger partial charge < -0.3 is 20.1 Å². The first-order valence-corrected chi connectivity index (χ1v) is 9.44. The highest BCUT2D eigenvalue weighted by Gasteiger charge is 2.34. The number of likely N-dealkylation sites (tertiary alicyclic amines) is 1. The van der Waals surface area contributed by atoms with Gasteiger partial charge in [0.1, 0.15) is 12.4 Å². The molecule has 0 aromatic heterocycles. The Morgan fingerprint density at radius 2 is 2.10 bits per heavy atom. The SMILES string of the molecule is CCNC(=NCc1cccc(OCCOC)c1)NC1CCN(CC(F)(F)F)C1.I. The molecular formula is C19H30F3IN4O2. The molecule has 6 nitrogen and oxygen atoms in total.